The maximum Gasteiger partial charge on any atom is 0.244 e. The molecule has 1 aromatic carbocycles. The van der Waals surface area contributed by atoms with Crippen LogP contribution in [-0.2, 0) is 14.8 Å². The Morgan fingerprint density at radius 2 is 1.77 bits per heavy atom. The number of aryl methyl sites for hydroxylation is 2. The van der Waals surface area contributed by atoms with Crippen LogP contribution in [0.5, 0.6) is 0 Å². The number of hydrogen-bond acceptors (Lipinski definition) is 3. The van der Waals surface area contributed by atoms with E-state index >= 15 is 0 Å². The fourth-order valence-corrected chi connectivity index (χ4v) is 4.84. The molecule has 1 aromatic heterocycles. The molecule has 1 aliphatic rings. The van der Waals surface area contributed by atoms with Crippen LogP contribution in [-0.4, -0.2) is 49.1 Å². The number of nitrogens with one attached hydrogen (secondary N) is 1. The first kappa shape index (κ1) is 22.3. The van der Waals surface area contributed by atoms with E-state index in [1.165, 1.54) is 16.1 Å². The molecule has 2 aromatic rings. The van der Waals surface area contributed by atoms with Gasteiger partial charge in [0.1, 0.15) is 0 Å². The van der Waals surface area contributed by atoms with Crippen molar-refractivity contribution in [3.63, 3.8) is 0 Å². The highest BCUT2D eigenvalue weighted by Gasteiger charge is 2.24. The summed E-state index contributed by atoms with van der Waals surface area (Å²) in [6.07, 6.45) is 6.22. The molecule has 0 spiro atoms. The maximum absolute atomic E-state index is 12.3. The van der Waals surface area contributed by atoms with Crippen molar-refractivity contribution in [1.29, 1.82) is 0 Å². The number of sulfonamides is 1. The third kappa shape index (κ3) is 5.40. The standard InChI is InChI=1S/C23H31N3O3S/c1-17-5-8-22(9-6-17)26-18(2)15-21(19(26)3)7-10-23(27)24-16-20-11-13-25(14-12-20)30(4,28)29/h5-10,15,20H,11-14,16H2,1-4H3,(H,24,27)/b10-7+. The minimum absolute atomic E-state index is 0.124. The summed E-state index contributed by atoms with van der Waals surface area (Å²) >= 11 is 0. The lowest BCUT2D eigenvalue weighted by Crippen LogP contribution is -2.40. The van der Waals surface area contributed by atoms with Gasteiger partial charge in [0.2, 0.25) is 15.9 Å². The van der Waals surface area contributed by atoms with Crippen molar-refractivity contribution < 1.29 is 13.2 Å². The molecule has 1 saturated heterocycles. The van der Waals surface area contributed by atoms with Gasteiger partial charge in [0.25, 0.3) is 0 Å². The van der Waals surface area contributed by atoms with Gasteiger partial charge < -0.3 is 9.88 Å². The van der Waals surface area contributed by atoms with Gasteiger partial charge in [0.05, 0.1) is 6.26 Å². The van der Waals surface area contributed by atoms with E-state index in [9.17, 15) is 13.2 Å². The van der Waals surface area contributed by atoms with Gasteiger partial charge in [0.15, 0.2) is 0 Å². The summed E-state index contributed by atoms with van der Waals surface area (Å²) in [5.41, 5.74) is 5.56. The van der Waals surface area contributed by atoms with Gasteiger partial charge in [-0.05, 0) is 69.4 Å². The number of benzene rings is 1. The molecule has 1 fully saturated rings. The molecule has 1 N–H and O–H groups in total. The smallest absolute Gasteiger partial charge is 0.244 e. The van der Waals surface area contributed by atoms with Gasteiger partial charge in [-0.15, -0.1) is 0 Å². The third-order valence-electron chi connectivity index (χ3n) is 5.78. The zero-order valence-corrected chi connectivity index (χ0v) is 19.0. The molecule has 1 aliphatic heterocycles. The van der Waals surface area contributed by atoms with E-state index in [0.717, 1.165) is 35.5 Å². The second kappa shape index (κ2) is 9.18. The van der Waals surface area contributed by atoms with E-state index in [-0.39, 0.29) is 5.91 Å². The van der Waals surface area contributed by atoms with Crippen molar-refractivity contribution in [2.45, 2.75) is 33.6 Å². The van der Waals surface area contributed by atoms with Crippen LogP contribution in [0.4, 0.5) is 0 Å². The zero-order valence-electron chi connectivity index (χ0n) is 18.2. The quantitative estimate of drug-likeness (QED) is 0.717. The molecule has 3 rings (SSSR count). The molecule has 30 heavy (non-hydrogen) atoms. The number of nitrogens with zero attached hydrogens (tertiary/aromatic N) is 2. The Bertz CT molecular complexity index is 1030. The lowest BCUT2D eigenvalue weighted by Gasteiger charge is -2.30. The Labute approximate surface area is 179 Å². The number of aromatic nitrogens is 1. The number of amides is 1. The van der Waals surface area contributed by atoms with Crippen LogP contribution in [0, 0.1) is 26.7 Å². The highest BCUT2D eigenvalue weighted by molar-refractivity contribution is 7.88. The molecular weight excluding hydrogens is 398 g/mol. The summed E-state index contributed by atoms with van der Waals surface area (Å²) in [5.74, 6) is 0.188. The van der Waals surface area contributed by atoms with Crippen LogP contribution < -0.4 is 5.32 Å². The van der Waals surface area contributed by atoms with E-state index in [4.69, 9.17) is 0 Å². The van der Waals surface area contributed by atoms with Gasteiger partial charge in [0, 0.05) is 42.8 Å². The molecule has 0 atom stereocenters. The predicted molar refractivity (Wildman–Crippen MR) is 121 cm³/mol. The first-order valence-electron chi connectivity index (χ1n) is 10.3. The average Bonchev–Trinajstić information content (AvgIpc) is 2.98. The monoisotopic (exact) mass is 429 g/mol. The minimum atomic E-state index is -3.11. The van der Waals surface area contributed by atoms with E-state index in [1.54, 1.807) is 6.08 Å². The molecule has 0 radical (unpaired) electrons. The average molecular weight is 430 g/mol. The fourth-order valence-electron chi connectivity index (χ4n) is 3.96. The predicted octanol–water partition coefficient (Wildman–Crippen LogP) is 3.20. The molecule has 0 unspecified atom stereocenters. The molecule has 0 bridgehead atoms. The van der Waals surface area contributed by atoms with E-state index in [2.05, 4.69) is 61.0 Å². The summed E-state index contributed by atoms with van der Waals surface area (Å²) in [6.45, 7) is 7.82. The Hall–Kier alpha value is -2.38. The summed E-state index contributed by atoms with van der Waals surface area (Å²) in [4.78, 5) is 12.3. The first-order chi connectivity index (χ1) is 14.1. The van der Waals surface area contributed by atoms with Crippen LogP contribution in [0.25, 0.3) is 11.8 Å². The highest BCUT2D eigenvalue weighted by Crippen LogP contribution is 2.22. The topological polar surface area (TPSA) is 71.4 Å². The van der Waals surface area contributed by atoms with Gasteiger partial charge in [-0.25, -0.2) is 12.7 Å². The molecule has 6 nitrogen and oxygen atoms in total. The normalized spacial score (nSPS) is 16.3. The van der Waals surface area contributed by atoms with Crippen molar-refractivity contribution in [2.24, 2.45) is 5.92 Å². The summed E-state index contributed by atoms with van der Waals surface area (Å²) in [6, 6.07) is 10.5. The summed E-state index contributed by atoms with van der Waals surface area (Å²) in [5, 5.41) is 2.95. The Morgan fingerprint density at radius 1 is 1.13 bits per heavy atom. The van der Waals surface area contributed by atoms with Crippen LogP contribution in [0.1, 0.15) is 35.4 Å². The van der Waals surface area contributed by atoms with Crippen LogP contribution in [0.15, 0.2) is 36.4 Å². The number of hydrogen-bond donors (Lipinski definition) is 1. The first-order valence-corrected chi connectivity index (χ1v) is 12.2. The number of piperidine rings is 1. The highest BCUT2D eigenvalue weighted by atomic mass is 32.2. The molecule has 1 amide bonds. The molecule has 0 saturated carbocycles. The number of carbonyl (C=O) groups excluding carboxylic acids is 1. The van der Waals surface area contributed by atoms with Gasteiger partial charge >= 0.3 is 0 Å². The van der Waals surface area contributed by atoms with Crippen LogP contribution in [0.3, 0.4) is 0 Å². The lowest BCUT2D eigenvalue weighted by atomic mass is 9.98. The van der Waals surface area contributed by atoms with Gasteiger partial charge in [-0.3, -0.25) is 4.79 Å². The van der Waals surface area contributed by atoms with Crippen molar-refractivity contribution in [1.82, 2.24) is 14.2 Å². The Kier molecular flexibility index (Phi) is 6.83. The van der Waals surface area contributed by atoms with Crippen molar-refractivity contribution in [2.75, 3.05) is 25.9 Å². The maximum atomic E-state index is 12.3. The second-order valence-corrected chi connectivity index (χ2v) is 10.2. The van der Waals surface area contributed by atoms with Gasteiger partial charge in [-0.2, -0.15) is 0 Å². The fraction of sp³-hybridized carbons (Fsp3) is 0.435. The van der Waals surface area contributed by atoms with Gasteiger partial charge in [-0.1, -0.05) is 17.7 Å². The molecular formula is C23H31N3O3S. The van der Waals surface area contributed by atoms with E-state index in [1.807, 2.05) is 6.08 Å². The molecule has 162 valence electrons. The summed E-state index contributed by atoms with van der Waals surface area (Å²) in [7, 11) is -3.11. The van der Waals surface area contributed by atoms with Crippen molar-refractivity contribution in [3.05, 3.63) is 58.9 Å². The van der Waals surface area contributed by atoms with E-state index in [0.29, 0.717) is 25.6 Å². The summed E-state index contributed by atoms with van der Waals surface area (Å²) < 4.78 is 26.9. The minimum Gasteiger partial charge on any atom is -0.352 e. The molecule has 2 heterocycles. The molecule has 0 aliphatic carbocycles. The zero-order chi connectivity index (χ0) is 21.9. The largest absolute Gasteiger partial charge is 0.352 e. The lowest BCUT2D eigenvalue weighted by molar-refractivity contribution is -0.116. The number of rotatable bonds is 6. The van der Waals surface area contributed by atoms with E-state index < -0.39 is 10.0 Å². The number of carbonyl (C=O) groups is 1. The van der Waals surface area contributed by atoms with Crippen LogP contribution >= 0.6 is 0 Å². The van der Waals surface area contributed by atoms with Crippen molar-refractivity contribution in [3.8, 4) is 5.69 Å². The Morgan fingerprint density at radius 3 is 2.37 bits per heavy atom. The van der Waals surface area contributed by atoms with Crippen LogP contribution in [0.2, 0.25) is 0 Å². The Balaban J connectivity index is 1.57. The molecule has 7 heteroatoms. The second-order valence-electron chi connectivity index (χ2n) is 8.18. The van der Waals surface area contributed by atoms with Crippen molar-refractivity contribution >= 4 is 22.0 Å². The third-order valence-corrected chi connectivity index (χ3v) is 7.09. The SMILES string of the molecule is Cc1ccc(-n2c(C)cc(/C=C/C(=O)NCC3CCN(S(C)(=O)=O)CC3)c2C)cc1.